The summed E-state index contributed by atoms with van der Waals surface area (Å²) in [5.74, 6) is 0. The Labute approximate surface area is 220 Å². The molecule has 7 rings (SSSR count). The third-order valence-corrected chi connectivity index (χ3v) is 8.79. The van der Waals surface area contributed by atoms with Gasteiger partial charge in [-0.3, -0.25) is 0 Å². The summed E-state index contributed by atoms with van der Waals surface area (Å²) in [6.45, 7) is 4.71. The monoisotopic (exact) mass is 524 g/mol. The Bertz CT molecular complexity index is 1810. The van der Waals surface area contributed by atoms with Gasteiger partial charge >= 0.3 is 0 Å². The van der Waals surface area contributed by atoms with Gasteiger partial charge < -0.3 is 0 Å². The van der Waals surface area contributed by atoms with E-state index in [4.69, 9.17) is 0 Å². The van der Waals surface area contributed by atoms with Gasteiger partial charge in [-0.15, -0.1) is 0 Å². The third-order valence-electron chi connectivity index (χ3n) is 7.94. The predicted octanol–water partition coefficient (Wildman–Crippen LogP) is 10.4. The van der Waals surface area contributed by atoms with E-state index in [9.17, 15) is 0 Å². The average molecular weight is 525 g/mol. The maximum absolute atomic E-state index is 3.96. The van der Waals surface area contributed by atoms with Gasteiger partial charge in [-0.05, 0) is 94.1 Å². The van der Waals surface area contributed by atoms with E-state index in [0.29, 0.717) is 0 Å². The van der Waals surface area contributed by atoms with Crippen molar-refractivity contribution in [1.82, 2.24) is 0 Å². The van der Waals surface area contributed by atoms with Crippen LogP contribution in [-0.4, -0.2) is 0 Å². The van der Waals surface area contributed by atoms with Crippen molar-refractivity contribution >= 4 is 37.5 Å². The van der Waals surface area contributed by atoms with Crippen molar-refractivity contribution in [2.24, 2.45) is 0 Å². The molecule has 1 aliphatic carbocycles. The molecule has 1 aliphatic rings. The molecule has 172 valence electrons. The van der Waals surface area contributed by atoms with E-state index in [2.05, 4.69) is 145 Å². The minimum Gasteiger partial charge on any atom is -0.0622 e. The minimum atomic E-state index is -0.0297. The fourth-order valence-corrected chi connectivity index (χ4v) is 6.80. The molecule has 0 amide bonds. The van der Waals surface area contributed by atoms with E-state index in [1.165, 1.54) is 66.1 Å². The first-order valence-corrected chi connectivity index (χ1v) is 13.3. The van der Waals surface area contributed by atoms with Crippen molar-refractivity contribution < 1.29 is 0 Å². The van der Waals surface area contributed by atoms with Crippen molar-refractivity contribution in [2.45, 2.75) is 19.3 Å². The topological polar surface area (TPSA) is 0 Å². The summed E-state index contributed by atoms with van der Waals surface area (Å²) in [5, 5.41) is 5.03. The number of hydrogen-bond acceptors (Lipinski definition) is 0. The predicted molar refractivity (Wildman–Crippen MR) is 158 cm³/mol. The Morgan fingerprint density at radius 2 is 1.11 bits per heavy atom. The van der Waals surface area contributed by atoms with Gasteiger partial charge in [0.15, 0.2) is 0 Å². The van der Waals surface area contributed by atoms with E-state index in [0.717, 1.165) is 4.47 Å². The van der Waals surface area contributed by atoms with E-state index >= 15 is 0 Å². The zero-order chi connectivity index (χ0) is 24.4. The van der Waals surface area contributed by atoms with Crippen LogP contribution < -0.4 is 0 Å². The second-order valence-corrected chi connectivity index (χ2v) is 11.1. The Kier molecular flexibility index (Phi) is 4.75. The summed E-state index contributed by atoms with van der Waals surface area (Å²) >= 11 is 3.96. The number of hydrogen-bond donors (Lipinski definition) is 0. The van der Waals surface area contributed by atoms with E-state index in [1.54, 1.807) is 0 Å². The van der Waals surface area contributed by atoms with Gasteiger partial charge in [0.25, 0.3) is 0 Å². The van der Waals surface area contributed by atoms with Crippen LogP contribution in [0.15, 0.2) is 120 Å². The number of benzene rings is 6. The Balaban J connectivity index is 1.56. The molecule has 0 saturated heterocycles. The molecule has 0 nitrogen and oxygen atoms in total. The molecular weight excluding hydrogens is 500 g/mol. The molecule has 1 heteroatoms. The van der Waals surface area contributed by atoms with Crippen LogP contribution >= 0.6 is 15.9 Å². The first-order valence-electron chi connectivity index (χ1n) is 12.5. The van der Waals surface area contributed by atoms with Gasteiger partial charge in [0.05, 0.1) is 0 Å². The number of fused-ring (bicyclic) bond motifs is 5. The largest absolute Gasteiger partial charge is 0.0622 e. The lowest BCUT2D eigenvalue weighted by Gasteiger charge is -2.22. The smallest absolute Gasteiger partial charge is 0.0332 e. The Morgan fingerprint density at radius 1 is 0.472 bits per heavy atom. The number of halogens is 1. The maximum Gasteiger partial charge on any atom is 0.0332 e. The molecule has 0 unspecified atom stereocenters. The molecule has 6 aromatic carbocycles. The lowest BCUT2D eigenvalue weighted by Crippen LogP contribution is -2.14. The van der Waals surface area contributed by atoms with Crippen LogP contribution in [0.5, 0.6) is 0 Å². The second-order valence-electron chi connectivity index (χ2n) is 10.3. The van der Waals surface area contributed by atoms with Crippen molar-refractivity contribution in [3.05, 3.63) is 131 Å². The van der Waals surface area contributed by atoms with Gasteiger partial charge in [0, 0.05) is 9.89 Å². The van der Waals surface area contributed by atoms with E-state index < -0.39 is 0 Å². The van der Waals surface area contributed by atoms with Crippen molar-refractivity contribution in [1.29, 1.82) is 0 Å². The maximum atomic E-state index is 3.96. The zero-order valence-electron chi connectivity index (χ0n) is 20.3. The highest BCUT2D eigenvalue weighted by Gasteiger charge is 2.35. The molecule has 0 saturated carbocycles. The Morgan fingerprint density at radius 3 is 1.94 bits per heavy atom. The molecular formula is C35H25Br. The molecule has 0 radical (unpaired) electrons. The van der Waals surface area contributed by atoms with Gasteiger partial charge in [-0.1, -0.05) is 117 Å². The summed E-state index contributed by atoms with van der Waals surface area (Å²) in [6, 6.07) is 42.3. The van der Waals surface area contributed by atoms with E-state index in [1.807, 2.05) is 0 Å². The molecule has 0 N–H and O–H groups in total. The first kappa shape index (κ1) is 21.6. The summed E-state index contributed by atoms with van der Waals surface area (Å²) in [7, 11) is 0. The van der Waals surface area contributed by atoms with Crippen molar-refractivity contribution in [2.75, 3.05) is 0 Å². The molecule has 0 heterocycles. The lowest BCUT2D eigenvalue weighted by molar-refractivity contribution is 0.660. The molecule has 0 aliphatic heterocycles. The van der Waals surface area contributed by atoms with Crippen LogP contribution in [-0.2, 0) is 5.41 Å². The fraction of sp³-hybridized carbons (Fsp3) is 0.0857. The second kappa shape index (κ2) is 7.91. The zero-order valence-corrected chi connectivity index (χ0v) is 21.9. The first-order chi connectivity index (χ1) is 17.5. The summed E-state index contributed by atoms with van der Waals surface area (Å²) in [5.41, 5.74) is 10.5. The Hall–Kier alpha value is -3.68. The standard InChI is InChI=1S/C35H25Br/c1-35(2)31-15-9-8-12-25(31)26-18-17-24(21-32(26)35)33-27-13-6-7-14-28(27)34(36)29-19-16-23(20-30(29)33)22-10-4-3-5-11-22/h3-21H,1-2H3. The van der Waals surface area contributed by atoms with Crippen LogP contribution in [0.3, 0.4) is 0 Å². The average Bonchev–Trinajstić information content (AvgIpc) is 3.15. The highest BCUT2D eigenvalue weighted by Crippen LogP contribution is 2.51. The van der Waals surface area contributed by atoms with Crippen LogP contribution in [0.4, 0.5) is 0 Å². The molecule has 36 heavy (non-hydrogen) atoms. The van der Waals surface area contributed by atoms with Gasteiger partial charge in [0.1, 0.15) is 0 Å². The number of rotatable bonds is 2. The van der Waals surface area contributed by atoms with Gasteiger partial charge in [-0.25, -0.2) is 0 Å². The van der Waals surface area contributed by atoms with Gasteiger partial charge in [0.2, 0.25) is 0 Å². The highest BCUT2D eigenvalue weighted by molar-refractivity contribution is 9.10. The molecule has 0 atom stereocenters. The van der Waals surface area contributed by atoms with Crippen LogP contribution in [0, 0.1) is 0 Å². The normalized spacial score (nSPS) is 13.6. The van der Waals surface area contributed by atoms with Crippen LogP contribution in [0.25, 0.3) is 54.9 Å². The quantitative estimate of drug-likeness (QED) is 0.197. The van der Waals surface area contributed by atoms with Crippen LogP contribution in [0.2, 0.25) is 0 Å². The fourth-order valence-electron chi connectivity index (χ4n) is 6.11. The van der Waals surface area contributed by atoms with Crippen molar-refractivity contribution in [3.8, 4) is 33.4 Å². The summed E-state index contributed by atoms with van der Waals surface area (Å²) in [6.07, 6.45) is 0. The molecule has 0 fully saturated rings. The lowest BCUT2D eigenvalue weighted by atomic mass is 9.81. The molecule has 6 aromatic rings. The minimum absolute atomic E-state index is 0.0297. The van der Waals surface area contributed by atoms with Crippen molar-refractivity contribution in [3.63, 3.8) is 0 Å². The third kappa shape index (κ3) is 3.06. The van der Waals surface area contributed by atoms with Gasteiger partial charge in [-0.2, -0.15) is 0 Å². The highest BCUT2D eigenvalue weighted by atomic mass is 79.9. The van der Waals surface area contributed by atoms with Crippen LogP contribution in [0.1, 0.15) is 25.0 Å². The summed E-state index contributed by atoms with van der Waals surface area (Å²) < 4.78 is 1.16. The summed E-state index contributed by atoms with van der Waals surface area (Å²) in [4.78, 5) is 0. The molecule has 0 aromatic heterocycles. The SMILES string of the molecule is CC1(C)c2ccccc2-c2ccc(-c3c4ccccc4c(Br)c4ccc(-c5ccccc5)cc34)cc21. The molecule has 0 spiro atoms. The van der Waals surface area contributed by atoms with E-state index in [-0.39, 0.29) is 5.41 Å². The molecule has 0 bridgehead atoms.